The fourth-order valence-corrected chi connectivity index (χ4v) is 5.79. The number of nitrogens with zero attached hydrogens (tertiary/aromatic N) is 5. The van der Waals surface area contributed by atoms with Gasteiger partial charge in [-0.25, -0.2) is 4.79 Å². The molecule has 0 N–H and O–H groups in total. The first-order valence-corrected chi connectivity index (χ1v) is 12.2. The molecule has 1 aromatic heterocycles. The van der Waals surface area contributed by atoms with E-state index >= 15 is 0 Å². The Morgan fingerprint density at radius 2 is 1.66 bits per heavy atom. The van der Waals surface area contributed by atoms with Crippen LogP contribution in [0, 0.1) is 11.8 Å². The summed E-state index contributed by atoms with van der Waals surface area (Å²) in [6, 6.07) is 5.49. The molecule has 1 aliphatic carbocycles. The Labute approximate surface area is 202 Å². The van der Waals surface area contributed by atoms with Gasteiger partial charge < -0.3 is 9.80 Å². The van der Waals surface area contributed by atoms with Crippen molar-refractivity contribution in [3.8, 4) is 0 Å². The first-order chi connectivity index (χ1) is 16.7. The number of aromatic nitrogens is 2. The fourth-order valence-electron chi connectivity index (χ4n) is 5.79. The van der Waals surface area contributed by atoms with Crippen LogP contribution in [0.15, 0.2) is 36.7 Å². The molecule has 188 valence electrons. The molecule has 1 saturated carbocycles. The summed E-state index contributed by atoms with van der Waals surface area (Å²) in [5.74, 6) is 0.708. The molecule has 1 aromatic carbocycles. The van der Waals surface area contributed by atoms with E-state index in [1.807, 2.05) is 11.9 Å². The molecule has 2 saturated heterocycles. The van der Waals surface area contributed by atoms with E-state index in [1.54, 1.807) is 17.0 Å². The van der Waals surface area contributed by atoms with Crippen molar-refractivity contribution in [2.75, 3.05) is 33.2 Å². The fraction of sp³-hybridized carbons (Fsp3) is 0.560. The molecule has 3 fully saturated rings. The number of alkyl halides is 3. The van der Waals surface area contributed by atoms with E-state index in [9.17, 15) is 22.8 Å². The lowest BCUT2D eigenvalue weighted by Crippen LogP contribution is -2.36. The van der Waals surface area contributed by atoms with Gasteiger partial charge in [-0.15, -0.1) is 0 Å². The standard InChI is InChI=1S/C25H30F3N5O2/c1-30(13-17-4-6-21(7-5-17)25(26,27)28)22-10-18-14-32(15-19(18)11-22)24(35)33-16-20(12-29-33)23(34)31-8-2-3-9-31/h4-7,12,16,18-19,22H,2-3,8-11,13-15H2,1H3/t18-,19+,22?. The highest BCUT2D eigenvalue weighted by Gasteiger charge is 2.44. The lowest BCUT2D eigenvalue weighted by molar-refractivity contribution is -0.137. The Balaban J connectivity index is 1.14. The number of rotatable bonds is 4. The number of benzene rings is 1. The van der Waals surface area contributed by atoms with Gasteiger partial charge in [-0.3, -0.25) is 9.69 Å². The second kappa shape index (κ2) is 9.29. The lowest BCUT2D eigenvalue weighted by Gasteiger charge is -2.26. The van der Waals surface area contributed by atoms with Crippen LogP contribution in [0.2, 0.25) is 0 Å². The van der Waals surface area contributed by atoms with Gasteiger partial charge in [0.1, 0.15) is 0 Å². The van der Waals surface area contributed by atoms with Gasteiger partial charge in [0.15, 0.2) is 0 Å². The maximum absolute atomic E-state index is 13.0. The molecular formula is C25H30F3N5O2. The minimum absolute atomic E-state index is 0.0706. The van der Waals surface area contributed by atoms with Crippen molar-refractivity contribution in [1.29, 1.82) is 0 Å². The molecule has 0 radical (unpaired) electrons. The zero-order valence-corrected chi connectivity index (χ0v) is 19.7. The molecule has 1 unspecified atom stereocenters. The van der Waals surface area contributed by atoms with Crippen LogP contribution in [0.3, 0.4) is 0 Å². The van der Waals surface area contributed by atoms with Gasteiger partial charge in [0.05, 0.1) is 17.3 Å². The van der Waals surface area contributed by atoms with E-state index in [0.717, 1.165) is 56.5 Å². The monoisotopic (exact) mass is 489 g/mol. The molecule has 35 heavy (non-hydrogen) atoms. The summed E-state index contributed by atoms with van der Waals surface area (Å²) in [4.78, 5) is 31.4. The Bertz CT molecular complexity index is 1060. The van der Waals surface area contributed by atoms with Crippen molar-refractivity contribution in [3.63, 3.8) is 0 Å². The van der Waals surface area contributed by atoms with E-state index in [1.165, 1.54) is 17.1 Å². The Morgan fingerprint density at radius 3 is 2.26 bits per heavy atom. The zero-order valence-electron chi connectivity index (χ0n) is 19.7. The van der Waals surface area contributed by atoms with Gasteiger partial charge in [0.25, 0.3) is 5.91 Å². The number of amides is 2. The van der Waals surface area contributed by atoms with Crippen LogP contribution in [0.1, 0.15) is 47.2 Å². The molecule has 3 aliphatic rings. The molecule has 7 nitrogen and oxygen atoms in total. The minimum atomic E-state index is -4.32. The third-order valence-corrected chi connectivity index (χ3v) is 7.75. The quantitative estimate of drug-likeness (QED) is 0.653. The molecule has 2 aromatic rings. The number of carbonyl (C=O) groups is 2. The Morgan fingerprint density at radius 1 is 1.03 bits per heavy atom. The summed E-state index contributed by atoms with van der Waals surface area (Å²) in [5, 5.41) is 4.16. The average molecular weight is 490 g/mol. The first-order valence-electron chi connectivity index (χ1n) is 12.2. The molecule has 10 heteroatoms. The summed E-state index contributed by atoms with van der Waals surface area (Å²) in [7, 11) is 2.01. The Kier molecular flexibility index (Phi) is 6.33. The highest BCUT2D eigenvalue weighted by molar-refractivity contribution is 5.94. The predicted molar refractivity (Wildman–Crippen MR) is 123 cm³/mol. The molecule has 2 amide bonds. The second-order valence-electron chi connectivity index (χ2n) is 10.1. The van der Waals surface area contributed by atoms with Gasteiger partial charge >= 0.3 is 12.2 Å². The van der Waals surface area contributed by atoms with Gasteiger partial charge in [-0.1, -0.05) is 12.1 Å². The van der Waals surface area contributed by atoms with Gasteiger partial charge in [-0.05, 0) is 62.3 Å². The van der Waals surface area contributed by atoms with Crippen molar-refractivity contribution in [2.24, 2.45) is 11.8 Å². The highest BCUT2D eigenvalue weighted by atomic mass is 19.4. The van der Waals surface area contributed by atoms with Crippen LogP contribution < -0.4 is 0 Å². The molecule has 5 rings (SSSR count). The van der Waals surface area contributed by atoms with E-state index in [-0.39, 0.29) is 11.9 Å². The summed E-state index contributed by atoms with van der Waals surface area (Å²) < 4.78 is 39.7. The maximum atomic E-state index is 13.0. The summed E-state index contributed by atoms with van der Waals surface area (Å²) in [5.41, 5.74) is 0.672. The minimum Gasteiger partial charge on any atom is -0.339 e. The average Bonchev–Trinajstić information content (AvgIpc) is 3.61. The van der Waals surface area contributed by atoms with Crippen LogP contribution in [0.4, 0.5) is 18.0 Å². The van der Waals surface area contributed by atoms with Gasteiger partial charge in [0, 0.05) is 45.0 Å². The number of carbonyl (C=O) groups excluding carboxylic acids is 2. The predicted octanol–water partition coefficient (Wildman–Crippen LogP) is 3.95. The highest BCUT2D eigenvalue weighted by Crippen LogP contribution is 2.40. The van der Waals surface area contributed by atoms with E-state index in [0.29, 0.717) is 43.1 Å². The molecule has 3 atom stereocenters. The second-order valence-corrected chi connectivity index (χ2v) is 10.1. The van der Waals surface area contributed by atoms with Crippen molar-refractivity contribution in [3.05, 3.63) is 53.3 Å². The van der Waals surface area contributed by atoms with Crippen LogP contribution in [-0.2, 0) is 12.7 Å². The van der Waals surface area contributed by atoms with E-state index in [2.05, 4.69) is 10.00 Å². The SMILES string of the molecule is CN(Cc1ccc(C(F)(F)F)cc1)C1C[C@@H]2CN(C(=O)n3cc(C(=O)N4CCCC4)cn3)C[C@@H]2C1. The Hall–Kier alpha value is -2.88. The van der Waals surface area contributed by atoms with E-state index < -0.39 is 11.7 Å². The molecule has 2 aliphatic heterocycles. The number of hydrogen-bond acceptors (Lipinski definition) is 4. The largest absolute Gasteiger partial charge is 0.416 e. The van der Waals surface area contributed by atoms with Crippen molar-refractivity contribution in [2.45, 2.75) is 44.4 Å². The lowest BCUT2D eigenvalue weighted by atomic mass is 10.0. The van der Waals surface area contributed by atoms with Crippen LogP contribution in [0.5, 0.6) is 0 Å². The van der Waals surface area contributed by atoms with Crippen molar-refractivity contribution < 1.29 is 22.8 Å². The first kappa shape index (κ1) is 23.8. The maximum Gasteiger partial charge on any atom is 0.416 e. The number of fused-ring (bicyclic) bond motifs is 1. The molecule has 0 bridgehead atoms. The summed E-state index contributed by atoms with van der Waals surface area (Å²) in [6.45, 7) is 3.41. The third kappa shape index (κ3) is 4.94. The zero-order chi connectivity index (χ0) is 24.7. The van der Waals surface area contributed by atoms with E-state index in [4.69, 9.17) is 0 Å². The molecule has 0 spiro atoms. The smallest absolute Gasteiger partial charge is 0.339 e. The van der Waals surface area contributed by atoms with Crippen LogP contribution >= 0.6 is 0 Å². The molecular weight excluding hydrogens is 459 g/mol. The summed E-state index contributed by atoms with van der Waals surface area (Å²) in [6.07, 6.45) is 2.61. The summed E-state index contributed by atoms with van der Waals surface area (Å²) >= 11 is 0. The van der Waals surface area contributed by atoms with Crippen LogP contribution in [-0.4, -0.2) is 75.7 Å². The topological polar surface area (TPSA) is 61.7 Å². The van der Waals surface area contributed by atoms with Crippen LogP contribution in [0.25, 0.3) is 0 Å². The third-order valence-electron chi connectivity index (χ3n) is 7.75. The van der Waals surface area contributed by atoms with Gasteiger partial charge in [-0.2, -0.15) is 23.0 Å². The number of hydrogen-bond donors (Lipinski definition) is 0. The number of likely N-dealkylation sites (tertiary alicyclic amines) is 2. The normalized spacial score (nSPS) is 24.4. The number of halogens is 3. The van der Waals surface area contributed by atoms with Crippen molar-refractivity contribution >= 4 is 11.9 Å². The van der Waals surface area contributed by atoms with Gasteiger partial charge in [0.2, 0.25) is 0 Å². The molecule has 3 heterocycles. The van der Waals surface area contributed by atoms with Crippen molar-refractivity contribution in [1.82, 2.24) is 24.5 Å².